The van der Waals surface area contributed by atoms with Gasteiger partial charge in [0.15, 0.2) is 0 Å². The van der Waals surface area contributed by atoms with Crippen molar-refractivity contribution in [3.63, 3.8) is 0 Å². The molecule has 3 rings (SSSR count). The first-order chi connectivity index (χ1) is 13.1. The van der Waals surface area contributed by atoms with Gasteiger partial charge >= 0.3 is 0 Å². The van der Waals surface area contributed by atoms with Crippen molar-refractivity contribution in [2.24, 2.45) is 0 Å². The third kappa shape index (κ3) is 4.06. The molecule has 3 aromatic rings. The fraction of sp³-hybridized carbons (Fsp3) is 0.320. The van der Waals surface area contributed by atoms with Crippen molar-refractivity contribution >= 4 is 17.6 Å². The summed E-state index contributed by atoms with van der Waals surface area (Å²) in [6.07, 6.45) is 4.95. The van der Waals surface area contributed by atoms with Crippen LogP contribution < -0.4 is 0 Å². The summed E-state index contributed by atoms with van der Waals surface area (Å²) in [7, 11) is 0. The molecule has 1 nitrogen and oxygen atoms in total. The van der Waals surface area contributed by atoms with Crippen LogP contribution in [0.4, 0.5) is 0 Å². The van der Waals surface area contributed by atoms with Gasteiger partial charge in [0.05, 0.1) is 0 Å². The third-order valence-electron chi connectivity index (χ3n) is 5.23. The van der Waals surface area contributed by atoms with Gasteiger partial charge in [-0.3, -0.25) is 4.79 Å². The maximum atomic E-state index is 11.3. The zero-order valence-corrected chi connectivity index (χ0v) is 17.6. The van der Waals surface area contributed by atoms with Crippen molar-refractivity contribution in [1.29, 1.82) is 0 Å². The van der Waals surface area contributed by atoms with E-state index in [9.17, 15) is 4.79 Å². The van der Waals surface area contributed by atoms with Crippen molar-refractivity contribution in [2.75, 3.05) is 0 Å². The second-order valence-electron chi connectivity index (χ2n) is 6.95. The van der Waals surface area contributed by atoms with Crippen molar-refractivity contribution in [3.8, 4) is 20.9 Å². The van der Waals surface area contributed by atoms with E-state index in [1.54, 1.807) is 0 Å². The molecule has 27 heavy (non-hydrogen) atoms. The molecular formula is C25H28OS. The van der Waals surface area contributed by atoms with Crippen LogP contribution in [0.2, 0.25) is 0 Å². The molecule has 0 aliphatic rings. The Hall–Kier alpha value is -2.19. The van der Waals surface area contributed by atoms with Crippen molar-refractivity contribution in [1.82, 2.24) is 0 Å². The molecule has 1 aromatic heterocycles. The number of aldehydes is 1. The van der Waals surface area contributed by atoms with E-state index in [-0.39, 0.29) is 0 Å². The fourth-order valence-corrected chi connectivity index (χ4v) is 4.79. The lowest BCUT2D eigenvalue weighted by molar-refractivity contribution is 0.112. The van der Waals surface area contributed by atoms with Gasteiger partial charge in [-0.1, -0.05) is 45.9 Å². The third-order valence-corrected chi connectivity index (χ3v) is 6.38. The lowest BCUT2D eigenvalue weighted by Crippen LogP contribution is -1.96. The van der Waals surface area contributed by atoms with Crippen molar-refractivity contribution in [3.05, 3.63) is 70.3 Å². The van der Waals surface area contributed by atoms with E-state index < -0.39 is 0 Å². The number of thiophene rings is 1. The summed E-state index contributed by atoms with van der Waals surface area (Å²) in [5.41, 5.74) is 8.76. The Kier molecular flexibility index (Phi) is 6.28. The lowest BCUT2D eigenvalue weighted by atomic mass is 9.94. The summed E-state index contributed by atoms with van der Waals surface area (Å²) >= 11 is 1.86. The van der Waals surface area contributed by atoms with Crippen LogP contribution in [-0.2, 0) is 25.7 Å². The Bertz CT molecular complexity index is 901. The molecule has 0 amide bonds. The summed E-state index contributed by atoms with van der Waals surface area (Å²) in [6.45, 7) is 8.77. The van der Waals surface area contributed by atoms with Gasteiger partial charge in [0.1, 0.15) is 6.29 Å². The molecule has 0 saturated carbocycles. The van der Waals surface area contributed by atoms with Gasteiger partial charge < -0.3 is 0 Å². The standard InChI is InChI=1S/C25H28OS/c1-5-17-11-18(6-2)13-22(12-17)23-9-10-24(27-23)25-20(7-3)14-19(16-26)15-21(25)8-4/h9-16H,5-8H2,1-4H3. The molecule has 0 saturated heterocycles. The van der Waals surface area contributed by atoms with Crippen molar-refractivity contribution < 1.29 is 4.79 Å². The first-order valence-electron chi connectivity index (χ1n) is 9.97. The molecule has 0 bridgehead atoms. The Balaban J connectivity index is 2.10. The minimum absolute atomic E-state index is 0.785. The van der Waals surface area contributed by atoms with Gasteiger partial charge in [-0.2, -0.15) is 0 Å². The molecule has 0 spiro atoms. The van der Waals surface area contributed by atoms with Gasteiger partial charge in [0, 0.05) is 15.3 Å². The summed E-state index contributed by atoms with van der Waals surface area (Å²) in [4.78, 5) is 13.9. The van der Waals surface area contributed by atoms with Gasteiger partial charge in [-0.25, -0.2) is 0 Å². The van der Waals surface area contributed by atoms with Crippen LogP contribution in [0.25, 0.3) is 20.9 Å². The van der Waals surface area contributed by atoms with E-state index in [0.29, 0.717) is 0 Å². The monoisotopic (exact) mass is 376 g/mol. The molecule has 1 heterocycles. The summed E-state index contributed by atoms with van der Waals surface area (Å²) < 4.78 is 0. The van der Waals surface area contributed by atoms with E-state index in [1.165, 1.54) is 43.1 Å². The van der Waals surface area contributed by atoms with Crippen LogP contribution in [0.15, 0.2) is 42.5 Å². The topological polar surface area (TPSA) is 17.1 Å². The van der Waals surface area contributed by atoms with Crippen LogP contribution in [0, 0.1) is 0 Å². The largest absolute Gasteiger partial charge is 0.298 e. The SMILES string of the molecule is CCc1cc(CC)cc(-c2ccc(-c3c(CC)cc(C=O)cc3CC)s2)c1. The summed E-state index contributed by atoms with van der Waals surface area (Å²) in [5, 5.41) is 0. The van der Waals surface area contributed by atoms with Crippen LogP contribution in [0.3, 0.4) is 0 Å². The van der Waals surface area contributed by atoms with Crippen LogP contribution in [0.1, 0.15) is 60.3 Å². The molecule has 0 aliphatic heterocycles. The molecule has 0 radical (unpaired) electrons. The quantitative estimate of drug-likeness (QED) is 0.400. The average molecular weight is 377 g/mol. The van der Waals surface area contributed by atoms with Crippen LogP contribution in [-0.4, -0.2) is 6.29 Å². The Morgan fingerprint density at radius 2 is 1.30 bits per heavy atom. The Morgan fingerprint density at radius 1 is 0.741 bits per heavy atom. The van der Waals surface area contributed by atoms with Gasteiger partial charge in [-0.15, -0.1) is 11.3 Å². The number of aryl methyl sites for hydroxylation is 4. The molecule has 0 atom stereocenters. The first kappa shape index (κ1) is 19.6. The second kappa shape index (κ2) is 8.67. The molecular weight excluding hydrogens is 348 g/mol. The smallest absolute Gasteiger partial charge is 0.150 e. The highest BCUT2D eigenvalue weighted by molar-refractivity contribution is 7.18. The highest BCUT2D eigenvalue weighted by atomic mass is 32.1. The van der Waals surface area contributed by atoms with E-state index in [4.69, 9.17) is 0 Å². The molecule has 0 fully saturated rings. The fourth-order valence-electron chi connectivity index (χ4n) is 3.68. The number of carbonyl (C=O) groups excluding carboxylic acids is 1. The van der Waals surface area contributed by atoms with Crippen LogP contribution >= 0.6 is 11.3 Å². The van der Waals surface area contributed by atoms with Crippen LogP contribution in [0.5, 0.6) is 0 Å². The molecule has 140 valence electrons. The van der Waals surface area contributed by atoms with E-state index in [1.807, 2.05) is 23.5 Å². The normalized spacial score (nSPS) is 11.0. The predicted molar refractivity (Wildman–Crippen MR) is 118 cm³/mol. The summed E-state index contributed by atoms with van der Waals surface area (Å²) in [5.74, 6) is 0. The lowest BCUT2D eigenvalue weighted by Gasteiger charge is -2.13. The second-order valence-corrected chi connectivity index (χ2v) is 8.03. The molecule has 0 N–H and O–H groups in total. The zero-order chi connectivity index (χ0) is 19.4. The van der Waals surface area contributed by atoms with Gasteiger partial charge in [0.25, 0.3) is 0 Å². The highest BCUT2D eigenvalue weighted by Crippen LogP contribution is 2.39. The maximum absolute atomic E-state index is 11.3. The molecule has 2 heteroatoms. The van der Waals surface area contributed by atoms with Gasteiger partial charge in [0.2, 0.25) is 0 Å². The highest BCUT2D eigenvalue weighted by Gasteiger charge is 2.14. The number of rotatable bonds is 7. The van der Waals surface area contributed by atoms with Crippen molar-refractivity contribution in [2.45, 2.75) is 53.4 Å². The molecule has 0 aliphatic carbocycles. The van der Waals surface area contributed by atoms with E-state index >= 15 is 0 Å². The number of carbonyl (C=O) groups is 1. The Morgan fingerprint density at radius 3 is 1.78 bits per heavy atom. The maximum Gasteiger partial charge on any atom is 0.150 e. The average Bonchev–Trinajstić information content (AvgIpc) is 3.21. The number of hydrogen-bond donors (Lipinski definition) is 0. The first-order valence-corrected chi connectivity index (χ1v) is 10.8. The minimum atomic E-state index is 0.785. The molecule has 2 aromatic carbocycles. The predicted octanol–water partition coefficient (Wildman–Crippen LogP) is 7.14. The van der Waals surface area contributed by atoms with E-state index in [2.05, 4.69) is 58.0 Å². The summed E-state index contributed by atoms with van der Waals surface area (Å²) in [6, 6.07) is 15.6. The van der Waals surface area contributed by atoms with Gasteiger partial charge in [-0.05, 0) is 83.3 Å². The number of hydrogen-bond acceptors (Lipinski definition) is 2. The zero-order valence-electron chi connectivity index (χ0n) is 16.8. The van der Waals surface area contributed by atoms with E-state index in [0.717, 1.165) is 37.5 Å². The minimum Gasteiger partial charge on any atom is -0.298 e. The Labute approximate surface area is 167 Å². The number of benzene rings is 2. The molecule has 0 unspecified atom stereocenters.